The van der Waals surface area contributed by atoms with Crippen LogP contribution < -0.4 is 21.9 Å². The SMILES string of the molecule is COc1ccc(C=O)cc1-c1ccc(O)c2c1C[C@@]1(N)C[C@@]3(N)[C@H](N(C)C)C(=O)C(C(N)=O)=C(O)[C@@]3(C#N)C(=O)C1=C2O. The number of aliphatic hydroxyl groups excluding tert-OH is 2. The topological polar surface area (TPSA) is 243 Å². The van der Waals surface area contributed by atoms with E-state index in [9.17, 15) is 39.8 Å². The summed E-state index contributed by atoms with van der Waals surface area (Å²) in [4.78, 5) is 53.2. The maximum atomic E-state index is 14.5. The number of nitrogens with two attached hydrogens (primary N) is 3. The molecule has 0 radical (unpaired) electrons. The highest BCUT2D eigenvalue weighted by molar-refractivity contribution is 6.25. The molecule has 2 aromatic rings. The van der Waals surface area contributed by atoms with Gasteiger partial charge in [-0.25, -0.2) is 0 Å². The van der Waals surface area contributed by atoms with E-state index in [-0.39, 0.29) is 17.5 Å². The number of likely N-dealkylation sites (N-methyl/N-ethyl adjacent to an activating group) is 1. The zero-order valence-corrected chi connectivity index (χ0v) is 23.5. The van der Waals surface area contributed by atoms with Crippen molar-refractivity contribution in [2.24, 2.45) is 22.6 Å². The average molecular weight is 588 g/mol. The maximum absolute atomic E-state index is 14.5. The molecule has 1 amide bonds. The van der Waals surface area contributed by atoms with Crippen molar-refractivity contribution in [1.82, 2.24) is 4.90 Å². The molecule has 0 unspecified atom stereocenters. The highest BCUT2D eigenvalue weighted by Gasteiger charge is 2.74. The molecule has 1 fully saturated rings. The van der Waals surface area contributed by atoms with Crippen molar-refractivity contribution >= 4 is 29.5 Å². The van der Waals surface area contributed by atoms with Crippen LogP contribution in [0.1, 0.15) is 27.9 Å². The molecule has 3 aliphatic carbocycles. The van der Waals surface area contributed by atoms with Crippen molar-refractivity contribution in [3.8, 4) is 28.7 Å². The van der Waals surface area contributed by atoms with E-state index >= 15 is 0 Å². The Morgan fingerprint density at radius 1 is 1.14 bits per heavy atom. The molecule has 0 bridgehead atoms. The summed E-state index contributed by atoms with van der Waals surface area (Å²) in [6, 6.07) is 7.69. The van der Waals surface area contributed by atoms with E-state index in [1.807, 2.05) is 0 Å². The van der Waals surface area contributed by atoms with Crippen LogP contribution in [0.3, 0.4) is 0 Å². The number of aliphatic hydroxyl groups is 2. The minimum atomic E-state index is -2.75. The third-order valence-electron chi connectivity index (χ3n) is 8.78. The predicted octanol–water partition coefficient (Wildman–Crippen LogP) is 0.394. The lowest BCUT2D eigenvalue weighted by Gasteiger charge is -2.58. The number of methoxy groups -OCH3 is 1. The molecule has 0 saturated heterocycles. The van der Waals surface area contributed by atoms with E-state index in [1.54, 1.807) is 24.3 Å². The summed E-state index contributed by atoms with van der Waals surface area (Å²) in [5.74, 6) is -5.68. The number of aromatic hydroxyl groups is 1. The van der Waals surface area contributed by atoms with Gasteiger partial charge in [0, 0.05) is 11.1 Å². The number of aldehydes is 1. The van der Waals surface area contributed by atoms with Crippen LogP contribution in [0.2, 0.25) is 0 Å². The minimum absolute atomic E-state index is 0.173. The Morgan fingerprint density at radius 3 is 2.37 bits per heavy atom. The smallest absolute Gasteiger partial charge is 0.255 e. The third-order valence-corrected chi connectivity index (χ3v) is 8.78. The molecule has 0 aromatic heterocycles. The molecule has 43 heavy (non-hydrogen) atoms. The number of ketones is 2. The zero-order valence-electron chi connectivity index (χ0n) is 23.5. The quantitative estimate of drug-likeness (QED) is 0.206. The molecule has 5 rings (SSSR count). The zero-order chi connectivity index (χ0) is 31.8. The first-order chi connectivity index (χ1) is 20.1. The second-order valence-electron chi connectivity index (χ2n) is 11.3. The van der Waals surface area contributed by atoms with E-state index in [0.29, 0.717) is 28.7 Å². The van der Waals surface area contributed by atoms with Gasteiger partial charge in [0.25, 0.3) is 5.91 Å². The van der Waals surface area contributed by atoms with Crippen molar-refractivity contribution in [1.29, 1.82) is 5.26 Å². The number of fused-ring (bicyclic) bond motifs is 3. The number of hydrogen-bond acceptors (Lipinski definition) is 12. The number of phenolic OH excluding ortho intramolecular Hbond substituents is 1. The summed E-state index contributed by atoms with van der Waals surface area (Å²) >= 11 is 0. The highest BCUT2D eigenvalue weighted by Crippen LogP contribution is 2.59. The summed E-state index contributed by atoms with van der Waals surface area (Å²) in [6.07, 6.45) is -0.117. The third kappa shape index (κ3) is 3.61. The number of benzene rings is 2. The Bertz CT molecular complexity index is 1770. The lowest BCUT2D eigenvalue weighted by atomic mass is 9.47. The van der Waals surface area contributed by atoms with Crippen LogP contribution in [-0.4, -0.2) is 82.3 Å². The summed E-state index contributed by atoms with van der Waals surface area (Å²) < 4.78 is 5.50. The summed E-state index contributed by atoms with van der Waals surface area (Å²) in [6.45, 7) is 0. The molecule has 1 saturated carbocycles. The standard InChI is InChI=1S/C30H29N5O8/c1-35(2)24-23(39)20(27(32)42)25(40)29(12-31)26(41)21-22(38)19-16(9-28(21,33)11-30(24,29)34)14(5-6-17(19)37)15-8-13(10-36)4-7-18(15)43-3/h4-8,10,24,37-38,40H,9,11,33-34H2,1-3H3,(H2,32,42)/t24-,28-,29+,30-/m1/s1. The highest BCUT2D eigenvalue weighted by atomic mass is 16.5. The fourth-order valence-corrected chi connectivity index (χ4v) is 7.09. The fraction of sp³-hybridized carbons (Fsp3) is 0.300. The summed E-state index contributed by atoms with van der Waals surface area (Å²) in [7, 11) is 4.30. The van der Waals surface area contributed by atoms with Crippen molar-refractivity contribution in [2.45, 2.75) is 30.0 Å². The first-order valence-corrected chi connectivity index (χ1v) is 13.1. The number of ether oxygens (including phenoxy) is 1. The predicted molar refractivity (Wildman–Crippen MR) is 152 cm³/mol. The van der Waals surface area contributed by atoms with E-state index in [1.165, 1.54) is 38.2 Å². The molecule has 9 N–H and O–H groups in total. The average Bonchev–Trinajstić information content (AvgIpc) is 2.91. The number of primary amides is 1. The molecule has 4 atom stereocenters. The molecule has 13 heteroatoms. The number of amides is 1. The Labute approximate surface area is 245 Å². The second-order valence-corrected chi connectivity index (χ2v) is 11.3. The Hall–Kier alpha value is -5.03. The van der Waals surface area contributed by atoms with Gasteiger partial charge in [-0.15, -0.1) is 0 Å². The van der Waals surface area contributed by atoms with Gasteiger partial charge in [0.05, 0.1) is 41.4 Å². The Kier molecular flexibility index (Phi) is 6.51. The van der Waals surface area contributed by atoms with Gasteiger partial charge in [0.1, 0.15) is 34.9 Å². The number of carbonyl (C=O) groups is 4. The van der Waals surface area contributed by atoms with Crippen LogP contribution in [0.25, 0.3) is 16.9 Å². The van der Waals surface area contributed by atoms with E-state index in [4.69, 9.17) is 21.9 Å². The molecule has 2 aromatic carbocycles. The van der Waals surface area contributed by atoms with Gasteiger partial charge >= 0.3 is 0 Å². The van der Waals surface area contributed by atoms with Gasteiger partial charge in [-0.3, -0.25) is 24.1 Å². The molecule has 0 aliphatic heterocycles. The summed E-state index contributed by atoms with van der Waals surface area (Å²) in [5.41, 5.74) is 12.1. The molecule has 0 spiro atoms. The Morgan fingerprint density at radius 2 is 1.81 bits per heavy atom. The van der Waals surface area contributed by atoms with E-state index < -0.39 is 74.8 Å². The number of phenols is 1. The van der Waals surface area contributed by atoms with Gasteiger partial charge in [-0.05, 0) is 62.3 Å². The monoisotopic (exact) mass is 587 g/mol. The normalized spacial score (nSPS) is 28.2. The van der Waals surface area contributed by atoms with Gasteiger partial charge in [-0.2, -0.15) is 5.26 Å². The van der Waals surface area contributed by atoms with Crippen LogP contribution in [0.15, 0.2) is 47.2 Å². The molecule has 13 nitrogen and oxygen atoms in total. The molecule has 222 valence electrons. The lowest BCUT2D eigenvalue weighted by Crippen LogP contribution is -2.80. The van der Waals surface area contributed by atoms with Crippen LogP contribution in [0, 0.1) is 16.7 Å². The molecular formula is C30H29N5O8. The lowest BCUT2D eigenvalue weighted by molar-refractivity contribution is -0.139. The largest absolute Gasteiger partial charge is 0.509 e. The number of carbonyl (C=O) groups excluding carboxylic acids is 4. The molecule has 3 aliphatic rings. The minimum Gasteiger partial charge on any atom is -0.509 e. The Balaban J connectivity index is 1.87. The summed E-state index contributed by atoms with van der Waals surface area (Å²) in [5, 5.41) is 44.4. The van der Waals surface area contributed by atoms with Crippen molar-refractivity contribution < 1.29 is 39.2 Å². The number of nitrogens with zero attached hydrogens (tertiary/aromatic N) is 2. The van der Waals surface area contributed by atoms with Crippen LogP contribution >= 0.6 is 0 Å². The molecular weight excluding hydrogens is 558 g/mol. The van der Waals surface area contributed by atoms with Gasteiger partial charge in [0.15, 0.2) is 17.0 Å². The number of hydrogen-bond donors (Lipinski definition) is 6. The van der Waals surface area contributed by atoms with E-state index in [0.717, 1.165) is 0 Å². The molecule has 0 heterocycles. The van der Waals surface area contributed by atoms with Crippen LogP contribution in [0.4, 0.5) is 0 Å². The first-order valence-electron chi connectivity index (χ1n) is 13.1. The second kappa shape index (κ2) is 9.50. The van der Waals surface area contributed by atoms with Crippen molar-refractivity contribution in [3.63, 3.8) is 0 Å². The number of rotatable bonds is 5. The maximum Gasteiger partial charge on any atom is 0.255 e. The van der Waals surface area contributed by atoms with Gasteiger partial charge in [0.2, 0.25) is 0 Å². The number of Topliss-reactive ketones (excluding diaryl/α,β-unsaturated/α-hetero) is 2. The van der Waals surface area contributed by atoms with E-state index in [2.05, 4.69) is 0 Å². The van der Waals surface area contributed by atoms with Crippen LogP contribution in [0.5, 0.6) is 11.5 Å². The van der Waals surface area contributed by atoms with Gasteiger partial charge < -0.3 is 37.3 Å². The fourth-order valence-electron chi connectivity index (χ4n) is 7.09. The van der Waals surface area contributed by atoms with Crippen molar-refractivity contribution in [3.05, 3.63) is 63.9 Å². The number of nitriles is 1. The van der Waals surface area contributed by atoms with Gasteiger partial charge in [-0.1, -0.05) is 6.07 Å². The van der Waals surface area contributed by atoms with Crippen LogP contribution in [-0.2, 0) is 20.8 Å². The first kappa shape index (κ1) is 29.5. The van der Waals surface area contributed by atoms with Crippen molar-refractivity contribution in [2.75, 3.05) is 21.2 Å².